The standard InChI is InChI=1S/C27H29NO2.C21H25NO2.C18H21NO.C14H21NO.C13H19NO/c1-21(24-16-8-4-9-17-24)28(20-12-15-23-13-6-3-7-14-23)26(27(30)22(2)29)25-18-10-5-11-19-25;1-4-15-22(16(2)18-11-7-5-8-12-18)20(21(24)17(3)23)19-13-9-6-10-14-19;1-14(20)13-18(17-11-7-4-8-12-17)19-15(2)16-9-5-3-6-10-16;1-4-14(10-11(2)16)15-12(3)13-8-6-5-7-9-13;1-10(9-11(2)15)14-12(3)13-7-5-4-6-8-13/h3-19,21,26-27,30H,20H2,1-2H3;4-14,16,20-21,24H,1,15H2,2-3H3;3-12,15,18-19H,13H2,1-2H3;5-9,12,14-15H,4,10H2,1-3H3;4-8,10,12,14H,9H2,1-3H3/b15-12+;;;;/t21-,26?,27?;16-,20?,21?;15-,18?;12-,14?;10?,12-/m11100/s1. The van der Waals surface area contributed by atoms with Gasteiger partial charge in [0.25, 0.3) is 0 Å². The summed E-state index contributed by atoms with van der Waals surface area (Å²) >= 11 is 0. The molecule has 0 aliphatic rings. The Kier molecular flexibility index (Phi) is 39.2. The molecule has 0 amide bonds. The molecule has 105 heavy (non-hydrogen) atoms. The molecule has 0 saturated carbocycles. The van der Waals surface area contributed by atoms with E-state index in [1.807, 2.05) is 201 Å². The molecule has 0 heterocycles. The normalized spacial score (nSPS) is 14.4. The highest BCUT2D eigenvalue weighted by Gasteiger charge is 2.35. The number of carbonyl (C=O) groups excluding carboxylic acids is 5. The molecule has 0 aromatic heterocycles. The third kappa shape index (κ3) is 31.0. The van der Waals surface area contributed by atoms with E-state index in [0.29, 0.717) is 44.4 Å². The smallest absolute Gasteiger partial charge is 0.160 e. The number of Topliss-reactive ketones (excluding diaryl/α,β-unsaturated/α-hetero) is 5. The highest BCUT2D eigenvalue weighted by molar-refractivity contribution is 5.82. The van der Waals surface area contributed by atoms with Crippen LogP contribution < -0.4 is 16.0 Å². The molecule has 5 N–H and O–H groups in total. The maximum atomic E-state index is 12.2. The maximum Gasteiger partial charge on any atom is 0.160 e. The number of carbonyl (C=O) groups is 5. The first kappa shape index (κ1) is 86.2. The lowest BCUT2D eigenvalue weighted by atomic mass is 9.94. The molecule has 12 nitrogen and oxygen atoms in total. The number of aliphatic hydroxyl groups excluding tert-OH is 2. The second-order valence-corrected chi connectivity index (χ2v) is 27.1. The van der Waals surface area contributed by atoms with Crippen LogP contribution in [-0.4, -0.2) is 86.3 Å². The van der Waals surface area contributed by atoms with E-state index in [0.717, 1.165) is 39.8 Å². The van der Waals surface area contributed by atoms with Crippen molar-refractivity contribution < 1.29 is 34.2 Å². The van der Waals surface area contributed by atoms with Crippen molar-refractivity contribution in [1.29, 1.82) is 0 Å². The molecule has 0 bridgehead atoms. The Labute approximate surface area is 627 Å². The first-order chi connectivity index (χ1) is 50.5. The molecule has 0 aliphatic heterocycles. The molecule has 0 aliphatic carbocycles. The Balaban J connectivity index is 0.000000241. The number of aliphatic hydroxyl groups is 2. The van der Waals surface area contributed by atoms with Gasteiger partial charge < -0.3 is 26.2 Å². The van der Waals surface area contributed by atoms with E-state index in [9.17, 15) is 34.2 Å². The molecule has 0 fully saturated rings. The SMILES string of the molecule is C=CCN(C(c1ccccc1)C(O)C(C)=O)[C@H](C)c1ccccc1.CC(=O)C(O)C(c1ccccc1)N(C/C=C/c1ccccc1)[C@H](C)c1ccccc1.CC(=O)CC(C)N[C@@H](C)c1ccccc1.CC(=O)CC(N[C@H](C)c1ccccc1)c1ccccc1.CCC(CC(C)=O)N[C@@H](C)c1ccccc1. The second kappa shape index (κ2) is 47.8. The minimum Gasteiger partial charge on any atom is -0.383 e. The van der Waals surface area contributed by atoms with E-state index >= 15 is 0 Å². The van der Waals surface area contributed by atoms with Gasteiger partial charge in [0, 0.05) is 80.7 Å². The second-order valence-electron chi connectivity index (χ2n) is 27.1. The maximum absolute atomic E-state index is 12.2. The number of benzene rings is 9. The lowest BCUT2D eigenvalue weighted by Gasteiger charge is -2.38. The summed E-state index contributed by atoms with van der Waals surface area (Å²) in [5, 5.41) is 32.0. The number of rotatable bonds is 34. The molecule has 9 aromatic rings. The summed E-state index contributed by atoms with van der Waals surface area (Å²) in [6.45, 7) is 27.6. The van der Waals surface area contributed by atoms with Crippen molar-refractivity contribution in [3.05, 3.63) is 342 Å². The van der Waals surface area contributed by atoms with Crippen molar-refractivity contribution in [2.24, 2.45) is 0 Å². The summed E-state index contributed by atoms with van der Waals surface area (Å²) in [7, 11) is 0. The largest absolute Gasteiger partial charge is 0.383 e. The van der Waals surface area contributed by atoms with Gasteiger partial charge in [0.15, 0.2) is 11.6 Å². The van der Waals surface area contributed by atoms with Gasteiger partial charge in [-0.15, -0.1) is 6.58 Å². The van der Waals surface area contributed by atoms with Crippen molar-refractivity contribution >= 4 is 35.0 Å². The van der Waals surface area contributed by atoms with Crippen LogP contribution in [0.2, 0.25) is 0 Å². The van der Waals surface area contributed by atoms with Crippen LogP contribution in [0.5, 0.6) is 0 Å². The van der Waals surface area contributed by atoms with E-state index in [-0.39, 0.29) is 65.2 Å². The molecular weight excluding hydrogens is 1300 g/mol. The number of nitrogens with zero attached hydrogens (tertiary/aromatic N) is 2. The van der Waals surface area contributed by atoms with Gasteiger partial charge in [-0.05, 0) is 133 Å². The fourth-order valence-corrected chi connectivity index (χ4v) is 12.8. The molecule has 554 valence electrons. The monoisotopic (exact) mass is 1410 g/mol. The van der Waals surface area contributed by atoms with Gasteiger partial charge in [0.2, 0.25) is 0 Å². The summed E-state index contributed by atoms with van der Waals surface area (Å²) in [6.07, 6.45) is 6.50. The van der Waals surface area contributed by atoms with Crippen LogP contribution in [0.15, 0.2) is 292 Å². The van der Waals surface area contributed by atoms with Gasteiger partial charge in [0.1, 0.15) is 29.6 Å². The van der Waals surface area contributed by atoms with E-state index in [1.54, 1.807) is 20.8 Å². The lowest BCUT2D eigenvalue weighted by molar-refractivity contribution is -0.129. The number of nitrogens with one attached hydrogen (secondary N) is 3. The number of hydrogen-bond donors (Lipinski definition) is 5. The summed E-state index contributed by atoms with van der Waals surface area (Å²) in [6, 6.07) is 91.5. The highest BCUT2D eigenvalue weighted by Crippen LogP contribution is 2.35. The quantitative estimate of drug-likeness (QED) is 0.0243. The predicted octanol–water partition coefficient (Wildman–Crippen LogP) is 19.2. The summed E-state index contributed by atoms with van der Waals surface area (Å²) in [5.74, 6) is 0.209. The van der Waals surface area contributed by atoms with Gasteiger partial charge in [-0.1, -0.05) is 298 Å². The molecule has 9 rings (SSSR count). The fourth-order valence-electron chi connectivity index (χ4n) is 12.8. The Morgan fingerprint density at radius 2 is 0.667 bits per heavy atom. The topological polar surface area (TPSA) is 168 Å². The zero-order chi connectivity index (χ0) is 76.5. The van der Waals surface area contributed by atoms with Crippen molar-refractivity contribution in [2.45, 2.75) is 181 Å². The van der Waals surface area contributed by atoms with Gasteiger partial charge in [-0.2, -0.15) is 0 Å². The summed E-state index contributed by atoms with van der Waals surface area (Å²) in [4.78, 5) is 62.0. The molecule has 0 radical (unpaired) electrons. The van der Waals surface area contributed by atoms with Gasteiger partial charge in [-0.25, -0.2) is 0 Å². The first-order valence-electron chi connectivity index (χ1n) is 36.9. The third-order valence-corrected chi connectivity index (χ3v) is 18.4. The molecule has 9 aromatic carbocycles. The van der Waals surface area contributed by atoms with Gasteiger partial charge >= 0.3 is 0 Å². The van der Waals surface area contributed by atoms with Crippen LogP contribution >= 0.6 is 0 Å². The zero-order valence-corrected chi connectivity index (χ0v) is 63.9. The molecule has 7 unspecified atom stereocenters. The van der Waals surface area contributed by atoms with E-state index < -0.39 is 24.3 Å². The van der Waals surface area contributed by atoms with Crippen LogP contribution in [-0.2, 0) is 24.0 Å². The summed E-state index contributed by atoms with van der Waals surface area (Å²) < 4.78 is 0. The molecule has 0 spiro atoms. The van der Waals surface area contributed by atoms with Crippen LogP contribution in [0.4, 0.5) is 0 Å². The third-order valence-electron chi connectivity index (χ3n) is 18.4. The Bertz CT molecular complexity index is 3910. The highest BCUT2D eigenvalue weighted by atomic mass is 16.3. The van der Waals surface area contributed by atoms with Crippen LogP contribution in [0.25, 0.3) is 6.08 Å². The van der Waals surface area contributed by atoms with Crippen LogP contribution in [0, 0.1) is 0 Å². The lowest BCUT2D eigenvalue weighted by Crippen LogP contribution is -2.41. The molecule has 12 heteroatoms. The molecule has 0 saturated heterocycles. The predicted molar refractivity (Wildman–Crippen MR) is 433 cm³/mol. The van der Waals surface area contributed by atoms with Crippen LogP contribution in [0.1, 0.15) is 207 Å². The molecule has 12 atom stereocenters. The summed E-state index contributed by atoms with van der Waals surface area (Å²) in [5.41, 5.74) is 10.2. The van der Waals surface area contributed by atoms with Gasteiger partial charge in [0.05, 0.1) is 12.1 Å². The first-order valence-corrected chi connectivity index (χ1v) is 36.9. The van der Waals surface area contributed by atoms with E-state index in [4.69, 9.17) is 0 Å². The van der Waals surface area contributed by atoms with E-state index in [2.05, 4.69) is 171 Å². The van der Waals surface area contributed by atoms with Gasteiger partial charge in [-0.3, -0.25) is 33.8 Å². The van der Waals surface area contributed by atoms with Crippen molar-refractivity contribution in [3.63, 3.8) is 0 Å². The fraction of sp³-hybridized carbons (Fsp3) is 0.323. The van der Waals surface area contributed by atoms with Crippen molar-refractivity contribution in [3.8, 4) is 0 Å². The average molecular weight is 1410 g/mol. The Morgan fingerprint density at radius 1 is 0.371 bits per heavy atom. The Morgan fingerprint density at radius 3 is 0.990 bits per heavy atom. The van der Waals surface area contributed by atoms with E-state index in [1.165, 1.54) is 30.5 Å². The van der Waals surface area contributed by atoms with Crippen LogP contribution in [0.3, 0.4) is 0 Å². The Hall–Kier alpha value is -9.47. The van der Waals surface area contributed by atoms with Crippen molar-refractivity contribution in [2.75, 3.05) is 13.1 Å². The number of hydrogen-bond acceptors (Lipinski definition) is 12. The zero-order valence-electron chi connectivity index (χ0n) is 63.9. The average Bonchev–Trinajstić information content (AvgIpc) is 0.812. The minimum atomic E-state index is -1.11. The van der Waals surface area contributed by atoms with Crippen molar-refractivity contribution in [1.82, 2.24) is 25.8 Å². The molecular formula is C93H115N5O7. The number of ketones is 5. The minimum absolute atomic E-state index is 0.00540.